The summed E-state index contributed by atoms with van der Waals surface area (Å²) in [4.78, 5) is 24.7. The van der Waals surface area contributed by atoms with Crippen LogP contribution in [0.15, 0.2) is 107 Å². The van der Waals surface area contributed by atoms with Crippen LogP contribution in [0.2, 0.25) is 0 Å². The molecule has 10 nitrogen and oxygen atoms in total. The molecule has 0 aliphatic carbocycles. The predicted octanol–water partition coefficient (Wildman–Crippen LogP) is 3.17. The number of hydrazone groups is 1. The second kappa shape index (κ2) is 11.0. The number of sulfonamides is 1. The van der Waals surface area contributed by atoms with Crippen LogP contribution in [-0.2, 0) is 14.8 Å². The molecule has 4 aromatic rings. The van der Waals surface area contributed by atoms with Gasteiger partial charge in [-0.2, -0.15) is 12.8 Å². The van der Waals surface area contributed by atoms with Crippen LogP contribution in [-0.4, -0.2) is 31.4 Å². The summed E-state index contributed by atoms with van der Waals surface area (Å²) >= 11 is 0. The summed E-state index contributed by atoms with van der Waals surface area (Å²) in [7, 11) is -4.22. The highest BCUT2D eigenvalue weighted by atomic mass is 32.2. The van der Waals surface area contributed by atoms with Crippen molar-refractivity contribution in [2.45, 2.75) is 17.4 Å². The number of carbonyl (C=O) groups is 2. The van der Waals surface area contributed by atoms with Crippen molar-refractivity contribution in [3.05, 3.63) is 108 Å². The van der Waals surface area contributed by atoms with Crippen molar-refractivity contribution in [2.75, 3.05) is 4.41 Å². The fourth-order valence-corrected chi connectivity index (χ4v) is 5.20. The van der Waals surface area contributed by atoms with Crippen molar-refractivity contribution in [1.82, 2.24) is 5.32 Å². The van der Waals surface area contributed by atoms with Crippen LogP contribution < -0.4 is 21.2 Å². The monoisotopic (exact) mass is 531 g/mol. The molecule has 1 atom stereocenters. The lowest BCUT2D eigenvalue weighted by Gasteiger charge is -2.22. The van der Waals surface area contributed by atoms with Gasteiger partial charge in [-0.25, -0.2) is 0 Å². The van der Waals surface area contributed by atoms with Crippen LogP contribution in [0.1, 0.15) is 28.4 Å². The minimum atomic E-state index is -4.22. The normalized spacial score (nSPS) is 11.9. The number of rotatable bonds is 9. The molecule has 4 aromatic carbocycles. The Kier molecular flexibility index (Phi) is 7.58. The third-order valence-electron chi connectivity index (χ3n) is 5.66. The standard InChI is InChI=1S/C27H25N5O5S/c28-27(29)31-32(38(36,37)23-11-2-1-3-12-23)22-10-6-9-20(16-22)24(17-25(33)34)30-26(35)21-14-13-18-7-4-5-8-19(18)15-21/h1-16,24H,17H2,(H,30,35)(H,33,34)(H4,28,29,31). The SMILES string of the molecule is NC(N)=NN(c1cccc(C(CC(=O)O)NC(=O)c2ccc3ccccc3c2)c1)S(=O)(=O)c1ccccc1. The molecule has 0 aliphatic rings. The third kappa shape index (κ3) is 5.90. The van der Waals surface area contributed by atoms with Crippen molar-refractivity contribution < 1.29 is 23.1 Å². The van der Waals surface area contributed by atoms with Crippen molar-refractivity contribution in [2.24, 2.45) is 16.6 Å². The zero-order chi connectivity index (χ0) is 27.3. The molecular formula is C27H25N5O5S. The molecule has 0 aliphatic heterocycles. The Morgan fingerprint density at radius 1 is 0.868 bits per heavy atom. The zero-order valence-corrected chi connectivity index (χ0v) is 20.9. The molecule has 11 heteroatoms. The van der Waals surface area contributed by atoms with E-state index in [0.717, 1.165) is 10.8 Å². The number of carboxylic acid groups (broad SMARTS) is 1. The van der Waals surface area contributed by atoms with Gasteiger partial charge >= 0.3 is 5.97 Å². The highest BCUT2D eigenvalue weighted by Crippen LogP contribution is 2.28. The molecule has 0 saturated carbocycles. The number of amides is 1. The largest absolute Gasteiger partial charge is 0.481 e. The van der Waals surface area contributed by atoms with Gasteiger partial charge in [0.2, 0.25) is 5.96 Å². The smallest absolute Gasteiger partial charge is 0.305 e. The zero-order valence-electron chi connectivity index (χ0n) is 20.1. The van der Waals surface area contributed by atoms with Gasteiger partial charge in [0.1, 0.15) is 0 Å². The second-order valence-electron chi connectivity index (χ2n) is 8.37. The fourth-order valence-electron chi connectivity index (χ4n) is 3.91. The summed E-state index contributed by atoms with van der Waals surface area (Å²) in [5.74, 6) is -2.14. The molecule has 0 bridgehead atoms. The van der Waals surface area contributed by atoms with Crippen LogP contribution in [0.5, 0.6) is 0 Å². The lowest BCUT2D eigenvalue weighted by molar-refractivity contribution is -0.137. The number of nitrogens with zero attached hydrogens (tertiary/aromatic N) is 2. The molecule has 1 unspecified atom stereocenters. The van der Waals surface area contributed by atoms with E-state index >= 15 is 0 Å². The first-order valence-corrected chi connectivity index (χ1v) is 12.9. The molecule has 6 N–H and O–H groups in total. The summed E-state index contributed by atoms with van der Waals surface area (Å²) in [6.07, 6.45) is -0.448. The Morgan fingerprint density at radius 3 is 2.24 bits per heavy atom. The van der Waals surface area contributed by atoms with Gasteiger partial charge in [-0.1, -0.05) is 60.7 Å². The number of guanidine groups is 1. The van der Waals surface area contributed by atoms with Crippen molar-refractivity contribution in [1.29, 1.82) is 0 Å². The van der Waals surface area contributed by atoms with Crippen molar-refractivity contribution in [3.8, 4) is 0 Å². The van der Waals surface area contributed by atoms with Crippen molar-refractivity contribution >= 4 is 44.3 Å². The van der Waals surface area contributed by atoms with Gasteiger partial charge in [0.15, 0.2) is 0 Å². The molecule has 0 aromatic heterocycles. The highest BCUT2D eigenvalue weighted by Gasteiger charge is 2.27. The molecule has 194 valence electrons. The van der Waals surface area contributed by atoms with Gasteiger partial charge in [-0.05, 0) is 52.7 Å². The van der Waals surface area contributed by atoms with E-state index in [2.05, 4.69) is 10.4 Å². The lowest BCUT2D eigenvalue weighted by Crippen LogP contribution is -2.33. The minimum absolute atomic E-state index is 0.0510. The molecule has 0 heterocycles. The van der Waals surface area contributed by atoms with Gasteiger partial charge in [0.25, 0.3) is 15.9 Å². The number of hydrogen-bond donors (Lipinski definition) is 4. The van der Waals surface area contributed by atoms with Gasteiger partial charge in [0.05, 0.1) is 23.0 Å². The average Bonchev–Trinajstić information content (AvgIpc) is 2.91. The number of benzene rings is 4. The van der Waals surface area contributed by atoms with Crippen LogP contribution in [0.25, 0.3) is 10.8 Å². The van der Waals surface area contributed by atoms with E-state index in [4.69, 9.17) is 11.5 Å². The number of fused-ring (bicyclic) bond motifs is 1. The molecule has 0 saturated heterocycles. The maximum Gasteiger partial charge on any atom is 0.305 e. The van der Waals surface area contributed by atoms with E-state index in [9.17, 15) is 23.1 Å². The summed E-state index contributed by atoms with van der Waals surface area (Å²) in [6.45, 7) is 0. The number of nitrogens with one attached hydrogen (secondary N) is 1. The number of hydrogen-bond acceptors (Lipinski definition) is 5. The van der Waals surface area contributed by atoms with E-state index in [-0.39, 0.29) is 10.6 Å². The quantitative estimate of drug-likeness (QED) is 0.146. The van der Waals surface area contributed by atoms with Crippen LogP contribution in [0.4, 0.5) is 5.69 Å². The van der Waals surface area contributed by atoms with E-state index in [1.807, 2.05) is 24.3 Å². The number of aliphatic carboxylic acids is 1. The average molecular weight is 532 g/mol. The lowest BCUT2D eigenvalue weighted by atomic mass is 10.0. The van der Waals surface area contributed by atoms with Gasteiger partial charge in [-0.15, -0.1) is 5.10 Å². The molecule has 1 amide bonds. The highest BCUT2D eigenvalue weighted by molar-refractivity contribution is 7.92. The summed E-state index contributed by atoms with van der Waals surface area (Å²) in [6, 6.07) is 25.3. The summed E-state index contributed by atoms with van der Waals surface area (Å²) in [5, 5.41) is 17.9. The minimum Gasteiger partial charge on any atom is -0.481 e. The molecule has 4 rings (SSSR count). The Bertz CT molecular complexity index is 1620. The second-order valence-corrected chi connectivity index (χ2v) is 10.1. The first kappa shape index (κ1) is 26.2. The molecule has 0 radical (unpaired) electrons. The molecule has 0 fully saturated rings. The molecule has 38 heavy (non-hydrogen) atoms. The van der Waals surface area contributed by atoms with Crippen LogP contribution >= 0.6 is 0 Å². The predicted molar refractivity (Wildman–Crippen MR) is 145 cm³/mol. The number of nitrogens with two attached hydrogens (primary N) is 2. The number of anilines is 1. The Labute approximate surface area is 219 Å². The summed E-state index contributed by atoms with van der Waals surface area (Å²) in [5.41, 5.74) is 11.8. The van der Waals surface area contributed by atoms with Crippen molar-refractivity contribution in [3.63, 3.8) is 0 Å². The number of carboxylic acids is 1. The Balaban J connectivity index is 1.70. The number of carbonyl (C=O) groups excluding carboxylic acids is 1. The maximum absolute atomic E-state index is 13.3. The first-order chi connectivity index (χ1) is 18.1. The molecular weight excluding hydrogens is 506 g/mol. The van der Waals surface area contributed by atoms with E-state index in [1.165, 1.54) is 30.3 Å². The Morgan fingerprint density at radius 2 is 1.55 bits per heavy atom. The molecule has 0 spiro atoms. The van der Waals surface area contributed by atoms with Crippen LogP contribution in [0, 0.1) is 0 Å². The Hall–Kier alpha value is -4.90. The summed E-state index contributed by atoms with van der Waals surface area (Å²) < 4.78 is 27.4. The van der Waals surface area contributed by atoms with Gasteiger partial charge < -0.3 is 21.9 Å². The van der Waals surface area contributed by atoms with E-state index in [1.54, 1.807) is 42.5 Å². The first-order valence-electron chi connectivity index (χ1n) is 11.5. The third-order valence-corrected chi connectivity index (χ3v) is 7.28. The maximum atomic E-state index is 13.3. The van der Waals surface area contributed by atoms with Crippen LogP contribution in [0.3, 0.4) is 0 Å². The van der Waals surface area contributed by atoms with E-state index in [0.29, 0.717) is 15.5 Å². The van der Waals surface area contributed by atoms with Gasteiger partial charge in [-0.3, -0.25) is 9.59 Å². The van der Waals surface area contributed by atoms with Gasteiger partial charge in [0, 0.05) is 5.56 Å². The fraction of sp³-hybridized carbons (Fsp3) is 0.0741. The van der Waals surface area contributed by atoms with E-state index < -0.39 is 40.3 Å². The topological polar surface area (TPSA) is 168 Å².